The summed E-state index contributed by atoms with van der Waals surface area (Å²) >= 11 is -2.26. The monoisotopic (exact) mass is 131 g/mol. The third-order valence-electron chi connectivity index (χ3n) is 0.188. The summed E-state index contributed by atoms with van der Waals surface area (Å²) in [6.07, 6.45) is 0. The number of hydrogen-bond acceptors (Lipinski definition) is 2. The maximum Gasteiger partial charge on any atom is 0.222 e. The Hall–Kier alpha value is 0.580. The minimum Gasteiger partial charge on any atom is -0.375 e. The predicted molar refractivity (Wildman–Crippen MR) is 28.4 cm³/mol. The van der Waals surface area contributed by atoms with Crippen molar-refractivity contribution in [2.24, 2.45) is 5.73 Å². The Morgan fingerprint density at radius 1 is 1.86 bits per heavy atom. The second-order valence-electron chi connectivity index (χ2n) is 0.613. The summed E-state index contributed by atoms with van der Waals surface area (Å²) in [5.74, 6) is 0. The summed E-state index contributed by atoms with van der Waals surface area (Å²) in [4.78, 5) is 0. The molecule has 7 heavy (non-hydrogen) atoms. The van der Waals surface area contributed by atoms with Crippen LogP contribution >= 0.6 is 0 Å². The molecule has 0 aromatic rings. The number of nitrogens with one attached hydrogen (secondary N) is 1. The summed E-state index contributed by atoms with van der Waals surface area (Å²) in [7, 11) is 0. The van der Waals surface area contributed by atoms with E-state index in [1.807, 2.05) is 0 Å². The fourth-order valence-corrected chi connectivity index (χ4v) is 0. The van der Waals surface area contributed by atoms with Crippen molar-refractivity contribution in [3.63, 3.8) is 0 Å². The number of hydrogen-bond donors (Lipinski definition) is 3. The van der Waals surface area contributed by atoms with Crippen LogP contribution in [-0.2, 0) is 11.1 Å². The Morgan fingerprint density at radius 3 is 2.00 bits per heavy atom. The van der Waals surface area contributed by atoms with Crippen LogP contribution in [0.5, 0.6) is 0 Å². The molecule has 0 fully saturated rings. The zero-order valence-corrected chi connectivity index (χ0v) is 6.66. The van der Waals surface area contributed by atoms with Crippen LogP contribution in [-0.4, -0.2) is 43.5 Å². The van der Waals surface area contributed by atoms with E-state index in [0.717, 1.165) is 0 Å². The Morgan fingerprint density at radius 2 is 2.00 bits per heavy atom. The standard InChI is InChI=1S/CH4N2O2S.Na/c2-1(3)6(4)5;/h(H3,2,3)(H,4,5);. The fourth-order valence-electron chi connectivity index (χ4n) is 0. The molecule has 0 amide bonds. The molecule has 1 unspecified atom stereocenters. The first kappa shape index (κ1) is 10.5. The molecule has 0 aliphatic carbocycles. The molecular formula is CH4N2NaO2S. The minimum absolute atomic E-state index is 0. The molecule has 6 heteroatoms. The topological polar surface area (TPSA) is 87.2 Å². The molecule has 0 spiro atoms. The molecular weight excluding hydrogens is 127 g/mol. The van der Waals surface area contributed by atoms with Crippen molar-refractivity contribution in [1.82, 2.24) is 0 Å². The molecule has 4 nitrogen and oxygen atoms in total. The molecule has 0 aliphatic heterocycles. The summed E-state index contributed by atoms with van der Waals surface area (Å²) in [6, 6.07) is 0. The molecule has 37 valence electrons. The Labute approximate surface area is 65.6 Å². The van der Waals surface area contributed by atoms with E-state index in [1.54, 1.807) is 0 Å². The van der Waals surface area contributed by atoms with Gasteiger partial charge in [0.05, 0.1) is 0 Å². The predicted octanol–water partition coefficient (Wildman–Crippen LogP) is -1.28. The molecule has 0 aromatic carbocycles. The van der Waals surface area contributed by atoms with Crippen LogP contribution in [0.4, 0.5) is 0 Å². The van der Waals surface area contributed by atoms with E-state index < -0.39 is 16.2 Å². The summed E-state index contributed by atoms with van der Waals surface area (Å²) in [5, 5.41) is 5.46. The maximum atomic E-state index is 9.46. The number of amidine groups is 1. The fraction of sp³-hybridized carbons (Fsp3) is 0. The van der Waals surface area contributed by atoms with Crippen molar-refractivity contribution in [2.75, 3.05) is 0 Å². The van der Waals surface area contributed by atoms with E-state index in [1.165, 1.54) is 0 Å². The van der Waals surface area contributed by atoms with Gasteiger partial charge in [-0.05, 0) is 0 Å². The Bertz CT molecular complexity index is 81.7. The zero-order chi connectivity index (χ0) is 5.15. The van der Waals surface area contributed by atoms with Gasteiger partial charge in [-0.3, -0.25) is 9.96 Å². The molecule has 0 saturated heterocycles. The molecule has 0 saturated carbocycles. The maximum absolute atomic E-state index is 9.46. The third kappa shape index (κ3) is 6.58. The first-order chi connectivity index (χ1) is 2.64. The molecule has 1 atom stereocenters. The van der Waals surface area contributed by atoms with Crippen LogP contribution in [0.15, 0.2) is 0 Å². The normalized spacial score (nSPS) is 11.6. The first-order valence-corrected chi connectivity index (χ1v) is 2.20. The average Bonchev–Trinajstić information content (AvgIpc) is 1.36. The van der Waals surface area contributed by atoms with E-state index in [2.05, 4.69) is 5.73 Å². The van der Waals surface area contributed by atoms with Crippen molar-refractivity contribution in [2.45, 2.75) is 0 Å². The summed E-state index contributed by atoms with van der Waals surface area (Å²) < 4.78 is 17.2. The number of rotatable bonds is 0. The Kier molecular flexibility index (Phi) is 7.13. The number of nitrogens with two attached hydrogens (primary N) is 1. The van der Waals surface area contributed by atoms with Gasteiger partial charge in [-0.2, -0.15) is 0 Å². The van der Waals surface area contributed by atoms with Crippen LogP contribution in [0.2, 0.25) is 0 Å². The molecule has 4 N–H and O–H groups in total. The molecule has 0 aromatic heterocycles. The molecule has 0 aliphatic rings. The van der Waals surface area contributed by atoms with Gasteiger partial charge in [0.15, 0.2) is 0 Å². The van der Waals surface area contributed by atoms with Crippen molar-refractivity contribution < 1.29 is 8.76 Å². The van der Waals surface area contributed by atoms with Gasteiger partial charge in [-0.25, -0.2) is 4.21 Å². The smallest absolute Gasteiger partial charge is 0.222 e. The van der Waals surface area contributed by atoms with E-state index in [0.29, 0.717) is 0 Å². The zero-order valence-electron chi connectivity index (χ0n) is 3.84. The molecule has 0 rings (SSSR count). The molecule has 0 bridgehead atoms. The van der Waals surface area contributed by atoms with Crippen LogP contribution < -0.4 is 5.73 Å². The SMILES string of the molecule is N=C(N)S(=O)O.[Na]. The largest absolute Gasteiger partial charge is 0.375 e. The van der Waals surface area contributed by atoms with Gasteiger partial charge < -0.3 is 5.73 Å². The van der Waals surface area contributed by atoms with Gasteiger partial charge in [0, 0.05) is 29.6 Å². The Balaban J connectivity index is 0. The van der Waals surface area contributed by atoms with Gasteiger partial charge in [0.25, 0.3) is 0 Å². The van der Waals surface area contributed by atoms with Crippen LogP contribution in [0.25, 0.3) is 0 Å². The van der Waals surface area contributed by atoms with Crippen molar-refractivity contribution in [3.05, 3.63) is 0 Å². The van der Waals surface area contributed by atoms with Gasteiger partial charge in [-0.15, -0.1) is 0 Å². The quantitative estimate of drug-likeness (QED) is 0.165. The van der Waals surface area contributed by atoms with Gasteiger partial charge in [0.1, 0.15) is 0 Å². The second-order valence-corrected chi connectivity index (χ2v) is 1.55. The average molecular weight is 131 g/mol. The van der Waals surface area contributed by atoms with Crippen molar-refractivity contribution >= 4 is 45.8 Å². The molecule has 1 radical (unpaired) electrons. The van der Waals surface area contributed by atoms with E-state index in [-0.39, 0.29) is 29.6 Å². The van der Waals surface area contributed by atoms with Gasteiger partial charge in [-0.1, -0.05) is 0 Å². The summed E-state index contributed by atoms with van der Waals surface area (Å²) in [6.45, 7) is 0. The van der Waals surface area contributed by atoms with Crippen LogP contribution in [0, 0.1) is 5.41 Å². The summed E-state index contributed by atoms with van der Waals surface area (Å²) in [5.41, 5.74) is 4.47. The van der Waals surface area contributed by atoms with Gasteiger partial charge in [0.2, 0.25) is 16.2 Å². The minimum atomic E-state index is -2.26. The van der Waals surface area contributed by atoms with Crippen LogP contribution in [0.1, 0.15) is 0 Å². The van der Waals surface area contributed by atoms with E-state index >= 15 is 0 Å². The van der Waals surface area contributed by atoms with E-state index in [4.69, 9.17) is 9.96 Å². The van der Waals surface area contributed by atoms with Crippen molar-refractivity contribution in [1.29, 1.82) is 5.41 Å². The first-order valence-electron chi connectivity index (χ1n) is 1.09. The third-order valence-corrected chi connectivity index (χ3v) is 0.564. The van der Waals surface area contributed by atoms with Crippen molar-refractivity contribution in [3.8, 4) is 0 Å². The van der Waals surface area contributed by atoms with Gasteiger partial charge >= 0.3 is 0 Å². The molecule has 0 heterocycles. The van der Waals surface area contributed by atoms with E-state index in [9.17, 15) is 4.21 Å². The second kappa shape index (κ2) is 4.73. The van der Waals surface area contributed by atoms with Crippen LogP contribution in [0.3, 0.4) is 0 Å².